The van der Waals surface area contributed by atoms with Crippen molar-refractivity contribution < 1.29 is 18.3 Å². The average Bonchev–Trinajstić information content (AvgIpc) is 3.53. The van der Waals surface area contributed by atoms with Gasteiger partial charge in [0, 0.05) is 35.2 Å². The van der Waals surface area contributed by atoms with Gasteiger partial charge in [0.2, 0.25) is 0 Å². The summed E-state index contributed by atoms with van der Waals surface area (Å²) < 4.78 is 42.1. The van der Waals surface area contributed by atoms with Gasteiger partial charge in [-0.15, -0.1) is 10.2 Å². The fourth-order valence-corrected chi connectivity index (χ4v) is 5.59. The summed E-state index contributed by atoms with van der Waals surface area (Å²) >= 11 is 1.75. The van der Waals surface area contributed by atoms with Crippen LogP contribution in [0.5, 0.6) is 0 Å². The lowest BCUT2D eigenvalue weighted by molar-refractivity contribution is -0.137. The molecule has 0 saturated heterocycles. The van der Waals surface area contributed by atoms with Crippen LogP contribution in [0.25, 0.3) is 11.3 Å². The largest absolute Gasteiger partial charge is 0.418 e. The monoisotopic (exact) mass is 460 g/mol. The first-order chi connectivity index (χ1) is 15.3. The Morgan fingerprint density at radius 2 is 1.88 bits per heavy atom. The molecule has 9 heteroatoms. The van der Waals surface area contributed by atoms with E-state index in [9.17, 15) is 18.3 Å². The maximum Gasteiger partial charge on any atom is 0.418 e. The average molecular weight is 461 g/mol. The molecule has 0 bridgehead atoms. The molecule has 1 unspecified atom stereocenters. The molecule has 0 amide bonds. The minimum absolute atomic E-state index is 0.0620. The lowest BCUT2D eigenvalue weighted by atomic mass is 9.93. The second kappa shape index (κ2) is 7.59. The molecular weight excluding hydrogens is 437 g/mol. The number of benzene rings is 1. The van der Waals surface area contributed by atoms with Crippen molar-refractivity contribution in [1.82, 2.24) is 19.7 Å². The number of aromatic nitrogens is 4. The van der Waals surface area contributed by atoms with Crippen molar-refractivity contribution in [3.8, 4) is 11.3 Å². The molecule has 1 N–H and O–H groups in total. The molecule has 5 rings (SSSR count). The molecule has 3 aromatic rings. The number of aliphatic hydroxyl groups excluding tert-OH is 1. The third kappa shape index (κ3) is 3.61. The molecule has 0 radical (unpaired) electrons. The number of halogens is 3. The van der Waals surface area contributed by atoms with Crippen molar-refractivity contribution in [2.45, 2.75) is 49.1 Å². The predicted octanol–water partition coefficient (Wildman–Crippen LogP) is 4.48. The van der Waals surface area contributed by atoms with E-state index in [4.69, 9.17) is 0 Å². The maximum absolute atomic E-state index is 13.4. The summed E-state index contributed by atoms with van der Waals surface area (Å²) in [6.45, 7) is 2.90. The van der Waals surface area contributed by atoms with Crippen LogP contribution in [0.2, 0.25) is 0 Å². The molecule has 32 heavy (non-hydrogen) atoms. The molecule has 0 spiro atoms. The van der Waals surface area contributed by atoms with Gasteiger partial charge in [-0.05, 0) is 37.5 Å². The van der Waals surface area contributed by atoms with Gasteiger partial charge < -0.3 is 9.67 Å². The van der Waals surface area contributed by atoms with Crippen molar-refractivity contribution in [3.05, 3.63) is 65.4 Å². The van der Waals surface area contributed by atoms with E-state index in [1.54, 1.807) is 23.9 Å². The molecule has 168 valence electrons. The van der Waals surface area contributed by atoms with Gasteiger partial charge in [-0.1, -0.05) is 24.3 Å². The van der Waals surface area contributed by atoms with Crippen LogP contribution in [-0.4, -0.2) is 42.0 Å². The van der Waals surface area contributed by atoms with E-state index in [2.05, 4.69) is 19.7 Å². The topological polar surface area (TPSA) is 63.8 Å². The summed E-state index contributed by atoms with van der Waals surface area (Å²) in [6, 6.07) is 9.57. The molecule has 5 nitrogen and oxygen atoms in total. The Balaban J connectivity index is 1.48. The van der Waals surface area contributed by atoms with Crippen molar-refractivity contribution in [2.75, 3.05) is 12.4 Å². The van der Waals surface area contributed by atoms with E-state index in [1.165, 1.54) is 12.3 Å². The SMILES string of the molecule is CC1(CO)Cc2nnc(C3(c4ccc(-c5ncccc5C(F)(F)F)cc4)CC3)n2CCS1. The normalized spacial score (nSPS) is 22.3. The van der Waals surface area contributed by atoms with Gasteiger partial charge in [0.15, 0.2) is 0 Å². The number of hydrogen-bond acceptors (Lipinski definition) is 5. The first-order valence-electron chi connectivity index (χ1n) is 10.6. The van der Waals surface area contributed by atoms with Gasteiger partial charge in [0.25, 0.3) is 0 Å². The number of fused-ring (bicyclic) bond motifs is 1. The molecule has 1 aliphatic carbocycles. The second-order valence-corrected chi connectivity index (χ2v) is 10.5. The molecule has 1 aliphatic heterocycles. The minimum Gasteiger partial charge on any atom is -0.395 e. The fourth-order valence-electron chi connectivity index (χ4n) is 4.50. The lowest BCUT2D eigenvalue weighted by Crippen LogP contribution is -2.28. The molecule has 1 saturated carbocycles. The van der Waals surface area contributed by atoms with Gasteiger partial charge in [-0.2, -0.15) is 24.9 Å². The van der Waals surface area contributed by atoms with Crippen LogP contribution in [-0.2, 0) is 24.6 Å². The van der Waals surface area contributed by atoms with Gasteiger partial charge in [0.05, 0.1) is 23.3 Å². The smallest absolute Gasteiger partial charge is 0.395 e. The molecule has 1 aromatic carbocycles. The zero-order chi connectivity index (χ0) is 22.6. The zero-order valence-corrected chi connectivity index (χ0v) is 18.4. The van der Waals surface area contributed by atoms with E-state index >= 15 is 0 Å². The van der Waals surface area contributed by atoms with Gasteiger partial charge in [0.1, 0.15) is 11.6 Å². The highest BCUT2D eigenvalue weighted by Gasteiger charge is 2.50. The predicted molar refractivity (Wildman–Crippen MR) is 116 cm³/mol. The first kappa shape index (κ1) is 21.5. The van der Waals surface area contributed by atoms with Crippen LogP contribution in [0.15, 0.2) is 42.6 Å². The fraction of sp³-hybridized carbons (Fsp3) is 0.435. The lowest BCUT2D eigenvalue weighted by Gasteiger charge is -2.23. The Labute approximate surface area is 188 Å². The second-order valence-electron chi connectivity index (χ2n) is 8.78. The van der Waals surface area contributed by atoms with E-state index in [1.807, 2.05) is 19.1 Å². The van der Waals surface area contributed by atoms with Crippen molar-refractivity contribution in [1.29, 1.82) is 0 Å². The Morgan fingerprint density at radius 1 is 1.12 bits per heavy atom. The molecule has 2 aromatic heterocycles. The highest BCUT2D eigenvalue weighted by Crippen LogP contribution is 2.53. The van der Waals surface area contributed by atoms with E-state index in [0.717, 1.165) is 48.4 Å². The Morgan fingerprint density at radius 3 is 2.53 bits per heavy atom. The number of hydrogen-bond donors (Lipinski definition) is 1. The van der Waals surface area contributed by atoms with E-state index < -0.39 is 11.7 Å². The molecule has 1 atom stereocenters. The maximum atomic E-state index is 13.4. The summed E-state index contributed by atoms with van der Waals surface area (Å²) in [5.74, 6) is 2.66. The number of thioether (sulfide) groups is 1. The van der Waals surface area contributed by atoms with Crippen LogP contribution in [0, 0.1) is 0 Å². The standard InChI is InChI=1S/C23H23F3N4OS/c1-21(14-31)13-18-28-29-20(30(18)11-12-32-21)22(8-9-22)16-6-4-15(5-7-16)19-17(23(24,25)26)3-2-10-27-19/h2-7,10,31H,8-9,11-14H2,1H3. The van der Waals surface area contributed by atoms with Crippen molar-refractivity contribution >= 4 is 11.8 Å². The Kier molecular flexibility index (Phi) is 5.09. The molecule has 2 aliphatic rings. The Hall–Kier alpha value is -2.39. The number of nitrogens with zero attached hydrogens (tertiary/aromatic N) is 4. The van der Waals surface area contributed by atoms with Crippen LogP contribution in [0.1, 0.15) is 42.5 Å². The minimum atomic E-state index is -4.46. The number of alkyl halides is 3. The van der Waals surface area contributed by atoms with Crippen LogP contribution >= 0.6 is 11.8 Å². The highest BCUT2D eigenvalue weighted by molar-refractivity contribution is 8.00. The van der Waals surface area contributed by atoms with Crippen LogP contribution < -0.4 is 0 Å². The summed E-state index contributed by atoms with van der Waals surface area (Å²) in [5.41, 5.74) is 0.412. The third-order valence-corrected chi connectivity index (χ3v) is 7.82. The summed E-state index contributed by atoms with van der Waals surface area (Å²) in [5, 5.41) is 18.8. The summed E-state index contributed by atoms with van der Waals surface area (Å²) in [7, 11) is 0. The number of pyridine rings is 1. The quantitative estimate of drug-likeness (QED) is 0.622. The molecule has 1 fully saturated rings. The van der Waals surface area contributed by atoms with Gasteiger partial charge in [-0.3, -0.25) is 4.98 Å². The van der Waals surface area contributed by atoms with Crippen molar-refractivity contribution in [2.24, 2.45) is 0 Å². The summed E-state index contributed by atoms with van der Waals surface area (Å²) in [6.07, 6.45) is -0.584. The van der Waals surface area contributed by atoms with Gasteiger partial charge in [-0.25, -0.2) is 0 Å². The van der Waals surface area contributed by atoms with Gasteiger partial charge >= 0.3 is 6.18 Å². The molecular formula is C23H23F3N4OS. The third-order valence-electron chi connectivity index (χ3n) is 6.46. The van der Waals surface area contributed by atoms with Crippen LogP contribution in [0.4, 0.5) is 13.2 Å². The van der Waals surface area contributed by atoms with Crippen molar-refractivity contribution in [3.63, 3.8) is 0 Å². The number of aliphatic hydroxyl groups is 1. The first-order valence-corrected chi connectivity index (χ1v) is 11.5. The Bertz CT molecular complexity index is 1140. The van der Waals surface area contributed by atoms with E-state index in [-0.39, 0.29) is 22.5 Å². The molecule has 3 heterocycles. The number of rotatable bonds is 4. The van der Waals surface area contributed by atoms with E-state index in [0.29, 0.717) is 12.0 Å². The zero-order valence-electron chi connectivity index (χ0n) is 17.6. The highest BCUT2D eigenvalue weighted by atomic mass is 32.2. The van der Waals surface area contributed by atoms with Crippen LogP contribution in [0.3, 0.4) is 0 Å². The summed E-state index contributed by atoms with van der Waals surface area (Å²) in [4.78, 5) is 3.99.